The normalized spacial score (nSPS) is 11.3. The number of amides is 1. The molecule has 0 atom stereocenters. The quantitative estimate of drug-likeness (QED) is 0.277. The van der Waals surface area contributed by atoms with Crippen molar-refractivity contribution in [1.29, 1.82) is 0 Å². The van der Waals surface area contributed by atoms with Gasteiger partial charge in [0.2, 0.25) is 5.91 Å². The number of nitrogens with zero attached hydrogens (tertiary/aromatic N) is 5. The monoisotopic (exact) mass is 522 g/mol. The van der Waals surface area contributed by atoms with Gasteiger partial charge in [-0.25, -0.2) is 4.68 Å². The van der Waals surface area contributed by atoms with Crippen LogP contribution in [0.5, 0.6) is 0 Å². The number of carbonyl (C=O) groups excluding carboxylic acids is 1. The van der Waals surface area contributed by atoms with Crippen molar-refractivity contribution in [2.75, 3.05) is 0 Å². The molecule has 36 heavy (non-hydrogen) atoms. The molecule has 9 heteroatoms. The molecule has 0 saturated heterocycles. The Hall–Kier alpha value is -3.10. The highest BCUT2D eigenvalue weighted by Crippen LogP contribution is 2.26. The van der Waals surface area contributed by atoms with Gasteiger partial charge in [-0.05, 0) is 43.5 Å². The van der Waals surface area contributed by atoms with Gasteiger partial charge >= 0.3 is 0 Å². The first-order valence-electron chi connectivity index (χ1n) is 12.0. The predicted octanol–water partition coefficient (Wildman–Crippen LogP) is 5.54. The summed E-state index contributed by atoms with van der Waals surface area (Å²) in [7, 11) is 0. The molecule has 0 saturated carbocycles. The van der Waals surface area contributed by atoms with Crippen molar-refractivity contribution < 1.29 is 4.79 Å². The lowest BCUT2D eigenvalue weighted by molar-refractivity contribution is -0.120. The molecule has 0 aliphatic rings. The Morgan fingerprint density at radius 1 is 1.06 bits per heavy atom. The number of rotatable bonds is 10. The summed E-state index contributed by atoms with van der Waals surface area (Å²) in [5.41, 5.74) is 4.80. The summed E-state index contributed by atoms with van der Waals surface area (Å²) in [6, 6.07) is 17.8. The van der Waals surface area contributed by atoms with Gasteiger partial charge in [0.15, 0.2) is 11.0 Å². The van der Waals surface area contributed by atoms with Crippen LogP contribution < -0.4 is 5.32 Å². The van der Waals surface area contributed by atoms with Crippen LogP contribution in [-0.4, -0.2) is 30.5 Å². The number of aromatic nitrogens is 5. The highest BCUT2D eigenvalue weighted by Gasteiger charge is 2.18. The number of para-hydroxylation sites is 1. The third-order valence-corrected chi connectivity index (χ3v) is 7.26. The maximum absolute atomic E-state index is 12.9. The molecule has 1 amide bonds. The summed E-state index contributed by atoms with van der Waals surface area (Å²) in [6.07, 6.45) is 0.261. The van der Waals surface area contributed by atoms with E-state index in [0.717, 1.165) is 50.8 Å². The molecule has 2 aromatic carbocycles. The van der Waals surface area contributed by atoms with E-state index in [1.54, 1.807) is 11.8 Å². The van der Waals surface area contributed by atoms with Crippen molar-refractivity contribution in [3.8, 4) is 5.69 Å². The minimum atomic E-state index is -0.0711. The average molecular weight is 523 g/mol. The molecular formula is C27H31ClN6OS. The predicted molar refractivity (Wildman–Crippen MR) is 144 cm³/mol. The lowest BCUT2D eigenvalue weighted by Crippen LogP contribution is -2.27. The van der Waals surface area contributed by atoms with Gasteiger partial charge in [0, 0.05) is 28.6 Å². The minimum Gasteiger partial charge on any atom is -0.349 e. The average Bonchev–Trinajstić information content (AvgIpc) is 3.37. The zero-order chi connectivity index (χ0) is 25.7. The molecule has 7 nitrogen and oxygen atoms in total. The standard InChI is InChI=1S/C27H31ClN6OS/c1-18(2)16-33-25(30-31-27(33)36-17-21-10-8-9-13-24(21)28)15-29-26(35)14-23-19(3)32-34(20(23)4)22-11-6-5-7-12-22/h5-13,18H,14-17H2,1-4H3,(H,29,35). The van der Waals surface area contributed by atoms with Gasteiger partial charge in [-0.1, -0.05) is 73.6 Å². The van der Waals surface area contributed by atoms with Crippen LogP contribution in [0.3, 0.4) is 0 Å². The highest BCUT2D eigenvalue weighted by atomic mass is 35.5. The second-order valence-corrected chi connectivity index (χ2v) is 10.5. The number of halogens is 1. The Bertz CT molecular complexity index is 1330. The number of thioether (sulfide) groups is 1. The van der Waals surface area contributed by atoms with Gasteiger partial charge in [0.25, 0.3) is 0 Å². The second kappa shape index (κ2) is 11.8. The fraction of sp³-hybridized carbons (Fsp3) is 0.333. The van der Waals surface area contributed by atoms with Gasteiger partial charge in [0.05, 0.1) is 24.3 Å². The number of nitrogens with one attached hydrogen (secondary N) is 1. The fourth-order valence-corrected chi connectivity index (χ4v) is 5.27. The Labute approximate surface area is 221 Å². The maximum Gasteiger partial charge on any atom is 0.224 e. The van der Waals surface area contributed by atoms with Crippen molar-refractivity contribution in [2.45, 2.75) is 58.1 Å². The van der Waals surface area contributed by atoms with E-state index in [4.69, 9.17) is 11.6 Å². The topological polar surface area (TPSA) is 77.6 Å². The van der Waals surface area contributed by atoms with Crippen molar-refractivity contribution >= 4 is 29.3 Å². The second-order valence-electron chi connectivity index (χ2n) is 9.13. The zero-order valence-electron chi connectivity index (χ0n) is 21.0. The van der Waals surface area contributed by atoms with E-state index in [1.165, 1.54) is 0 Å². The molecule has 1 N–H and O–H groups in total. The van der Waals surface area contributed by atoms with Crippen LogP contribution in [0.2, 0.25) is 5.02 Å². The summed E-state index contributed by atoms with van der Waals surface area (Å²) in [5.74, 6) is 1.78. The minimum absolute atomic E-state index is 0.0711. The number of hydrogen-bond donors (Lipinski definition) is 1. The number of benzene rings is 2. The van der Waals surface area contributed by atoms with E-state index >= 15 is 0 Å². The molecule has 2 heterocycles. The molecule has 0 aliphatic heterocycles. The summed E-state index contributed by atoms with van der Waals surface area (Å²) in [4.78, 5) is 12.9. The van der Waals surface area contributed by atoms with Crippen LogP contribution in [0.25, 0.3) is 5.69 Å². The van der Waals surface area contributed by atoms with Gasteiger partial charge in [0.1, 0.15) is 0 Å². The Morgan fingerprint density at radius 3 is 2.50 bits per heavy atom. The first kappa shape index (κ1) is 26.0. The van der Waals surface area contributed by atoms with Crippen LogP contribution in [0.1, 0.15) is 42.2 Å². The number of hydrogen-bond acceptors (Lipinski definition) is 5. The molecular weight excluding hydrogens is 492 g/mol. The first-order chi connectivity index (χ1) is 17.3. The molecule has 0 spiro atoms. The third kappa shape index (κ3) is 6.17. The molecule has 188 valence electrons. The van der Waals surface area contributed by atoms with Crippen LogP contribution >= 0.6 is 23.4 Å². The maximum atomic E-state index is 12.9. The van der Waals surface area contributed by atoms with Gasteiger partial charge in [-0.15, -0.1) is 10.2 Å². The van der Waals surface area contributed by atoms with Crippen molar-refractivity contribution in [3.63, 3.8) is 0 Å². The SMILES string of the molecule is Cc1nn(-c2ccccc2)c(C)c1CC(=O)NCc1nnc(SCc2ccccc2Cl)n1CC(C)C. The first-order valence-corrected chi connectivity index (χ1v) is 13.3. The lowest BCUT2D eigenvalue weighted by atomic mass is 10.1. The van der Waals surface area contributed by atoms with E-state index < -0.39 is 0 Å². The van der Waals surface area contributed by atoms with Crippen molar-refractivity contribution in [2.24, 2.45) is 5.92 Å². The van der Waals surface area contributed by atoms with Crippen LogP contribution in [0.15, 0.2) is 59.8 Å². The number of carbonyl (C=O) groups is 1. The molecule has 0 unspecified atom stereocenters. The van der Waals surface area contributed by atoms with Gasteiger partial charge in [-0.3, -0.25) is 4.79 Å². The van der Waals surface area contributed by atoms with Crippen molar-refractivity contribution in [1.82, 2.24) is 29.9 Å². The largest absolute Gasteiger partial charge is 0.349 e. The van der Waals surface area contributed by atoms with E-state index in [-0.39, 0.29) is 12.3 Å². The van der Waals surface area contributed by atoms with E-state index in [9.17, 15) is 4.79 Å². The van der Waals surface area contributed by atoms with Gasteiger partial charge < -0.3 is 9.88 Å². The Kier molecular flexibility index (Phi) is 8.48. The van der Waals surface area contributed by atoms with Gasteiger partial charge in [-0.2, -0.15) is 5.10 Å². The number of aryl methyl sites for hydroxylation is 1. The molecule has 0 fully saturated rings. The van der Waals surface area contributed by atoms with E-state index in [0.29, 0.717) is 18.2 Å². The zero-order valence-corrected chi connectivity index (χ0v) is 22.6. The van der Waals surface area contributed by atoms with Crippen molar-refractivity contribution in [3.05, 3.63) is 88.0 Å². The fourth-order valence-electron chi connectivity index (χ4n) is 4.01. The summed E-state index contributed by atoms with van der Waals surface area (Å²) < 4.78 is 3.98. The van der Waals surface area contributed by atoms with E-state index in [1.807, 2.05) is 73.1 Å². The summed E-state index contributed by atoms with van der Waals surface area (Å²) >= 11 is 7.92. The Morgan fingerprint density at radius 2 is 1.78 bits per heavy atom. The lowest BCUT2D eigenvalue weighted by Gasteiger charge is -2.13. The highest BCUT2D eigenvalue weighted by molar-refractivity contribution is 7.98. The van der Waals surface area contributed by atoms with Crippen LogP contribution in [0, 0.1) is 19.8 Å². The molecule has 0 radical (unpaired) electrons. The summed E-state index contributed by atoms with van der Waals surface area (Å²) in [6.45, 7) is 9.33. The van der Waals surface area contributed by atoms with Crippen LogP contribution in [0.4, 0.5) is 0 Å². The molecule has 0 bridgehead atoms. The Balaban J connectivity index is 1.43. The molecule has 4 aromatic rings. The van der Waals surface area contributed by atoms with E-state index in [2.05, 4.69) is 39.0 Å². The van der Waals surface area contributed by atoms with Crippen LogP contribution in [-0.2, 0) is 30.1 Å². The smallest absolute Gasteiger partial charge is 0.224 e. The molecule has 0 aliphatic carbocycles. The third-order valence-electron chi connectivity index (χ3n) is 5.88. The molecule has 2 aromatic heterocycles. The molecule has 4 rings (SSSR count). The summed E-state index contributed by atoms with van der Waals surface area (Å²) in [5, 5.41) is 18.0.